The van der Waals surface area contributed by atoms with Crippen LogP contribution in [0.3, 0.4) is 0 Å². The maximum atomic E-state index is 9.29. The predicted octanol–water partition coefficient (Wildman–Crippen LogP) is 4.23. The van der Waals surface area contributed by atoms with Gasteiger partial charge in [-0.2, -0.15) is 5.26 Å². The first-order valence-corrected chi connectivity index (χ1v) is 6.60. The lowest BCUT2D eigenvalue weighted by atomic mass is 10.0. The van der Waals surface area contributed by atoms with Gasteiger partial charge in [0.15, 0.2) is 0 Å². The van der Waals surface area contributed by atoms with Crippen LogP contribution in [0.5, 0.6) is 0 Å². The highest BCUT2D eigenvalue weighted by atomic mass is 35.5. The van der Waals surface area contributed by atoms with Crippen LogP contribution in [0.4, 0.5) is 0 Å². The fourth-order valence-corrected chi connectivity index (χ4v) is 2.05. The molecule has 3 heteroatoms. The Hall–Kier alpha value is -2.08. The van der Waals surface area contributed by atoms with E-state index in [9.17, 15) is 5.26 Å². The zero-order chi connectivity index (χ0) is 14.4. The number of hydrogen-bond donors (Lipinski definition) is 0. The summed E-state index contributed by atoms with van der Waals surface area (Å²) in [7, 11) is 4.11. The van der Waals surface area contributed by atoms with E-state index >= 15 is 0 Å². The van der Waals surface area contributed by atoms with Gasteiger partial charge in [0.25, 0.3) is 0 Å². The molecule has 21 heavy (non-hydrogen) atoms. The van der Waals surface area contributed by atoms with Gasteiger partial charge in [-0.1, -0.05) is 54.6 Å². The van der Waals surface area contributed by atoms with Crippen molar-refractivity contribution in [2.75, 3.05) is 14.1 Å². The van der Waals surface area contributed by atoms with Crippen molar-refractivity contribution in [1.82, 2.24) is 4.90 Å². The lowest BCUT2D eigenvalue weighted by Crippen LogP contribution is -2.10. The molecule has 0 unspecified atom stereocenters. The molecule has 0 bridgehead atoms. The molecule has 0 aliphatic heterocycles. The van der Waals surface area contributed by atoms with Crippen LogP contribution in [0.15, 0.2) is 54.6 Å². The number of nitrogens with zero attached hydrogens (tertiary/aromatic N) is 2. The van der Waals surface area contributed by atoms with Crippen molar-refractivity contribution >= 4 is 24.1 Å². The van der Waals surface area contributed by atoms with Gasteiger partial charge in [-0.15, -0.1) is 12.4 Å². The van der Waals surface area contributed by atoms with E-state index in [0.29, 0.717) is 5.57 Å². The third-order valence-electron chi connectivity index (χ3n) is 2.99. The molecule has 0 aromatic heterocycles. The Morgan fingerprint density at radius 2 is 1.67 bits per heavy atom. The lowest BCUT2D eigenvalue weighted by molar-refractivity contribution is 0.402. The Kier molecular flexibility index (Phi) is 6.68. The quantitative estimate of drug-likeness (QED) is 0.624. The number of halogens is 1. The summed E-state index contributed by atoms with van der Waals surface area (Å²) < 4.78 is 0. The van der Waals surface area contributed by atoms with E-state index in [-0.39, 0.29) is 12.4 Å². The normalized spacial score (nSPS) is 10.9. The smallest absolute Gasteiger partial charge is 0.0998 e. The fraction of sp³-hybridized carbons (Fsp3) is 0.167. The van der Waals surface area contributed by atoms with Gasteiger partial charge in [-0.25, -0.2) is 0 Å². The standard InChI is InChI=1S/C18H18N2.ClH/c1-20(2)14-16-10-8-15(9-11-16)12-18(13-19)17-6-4-3-5-7-17;/h3-12H,14H2,1-2H3;1H/b18-12+;. The molecule has 2 aromatic carbocycles. The number of rotatable bonds is 4. The topological polar surface area (TPSA) is 27.0 Å². The maximum absolute atomic E-state index is 9.29. The van der Waals surface area contributed by atoms with Crippen molar-refractivity contribution in [1.29, 1.82) is 5.26 Å². The monoisotopic (exact) mass is 298 g/mol. The van der Waals surface area contributed by atoms with Crippen LogP contribution in [0, 0.1) is 11.3 Å². The zero-order valence-corrected chi connectivity index (χ0v) is 13.1. The Balaban J connectivity index is 0.00000220. The predicted molar refractivity (Wildman–Crippen MR) is 91.0 cm³/mol. The van der Waals surface area contributed by atoms with Crippen LogP contribution < -0.4 is 0 Å². The van der Waals surface area contributed by atoms with Crippen molar-refractivity contribution in [3.8, 4) is 6.07 Å². The van der Waals surface area contributed by atoms with Crippen LogP contribution in [0.1, 0.15) is 16.7 Å². The minimum absolute atomic E-state index is 0. The first kappa shape index (κ1) is 17.0. The number of benzene rings is 2. The van der Waals surface area contributed by atoms with Gasteiger partial charge in [0.1, 0.15) is 0 Å². The molecule has 108 valence electrons. The maximum Gasteiger partial charge on any atom is 0.0998 e. The summed E-state index contributed by atoms with van der Waals surface area (Å²) in [5.41, 5.74) is 3.96. The Bertz CT molecular complexity index is 623. The molecule has 0 amide bonds. The first-order valence-electron chi connectivity index (χ1n) is 6.60. The SMILES string of the molecule is CN(C)Cc1ccc(/C=C(\C#N)c2ccccc2)cc1.Cl. The second-order valence-electron chi connectivity index (χ2n) is 5.02. The second-order valence-corrected chi connectivity index (χ2v) is 5.02. The van der Waals surface area contributed by atoms with Crippen molar-refractivity contribution in [2.45, 2.75) is 6.54 Å². The van der Waals surface area contributed by atoms with E-state index in [1.54, 1.807) is 0 Å². The molecule has 0 saturated heterocycles. The largest absolute Gasteiger partial charge is 0.305 e. The van der Waals surface area contributed by atoms with Gasteiger partial charge in [0, 0.05) is 6.54 Å². The highest BCUT2D eigenvalue weighted by Gasteiger charge is 2.00. The van der Waals surface area contributed by atoms with Crippen LogP contribution in [0.25, 0.3) is 11.6 Å². The van der Waals surface area contributed by atoms with E-state index in [0.717, 1.165) is 17.7 Å². The summed E-state index contributed by atoms with van der Waals surface area (Å²) >= 11 is 0. The molecule has 2 nitrogen and oxygen atoms in total. The number of hydrogen-bond acceptors (Lipinski definition) is 2. The van der Waals surface area contributed by atoms with E-state index in [2.05, 4.69) is 49.3 Å². The number of allylic oxidation sites excluding steroid dienone is 1. The summed E-state index contributed by atoms with van der Waals surface area (Å²) in [6.45, 7) is 0.924. The van der Waals surface area contributed by atoms with E-state index < -0.39 is 0 Å². The molecule has 0 spiro atoms. The van der Waals surface area contributed by atoms with Crippen molar-refractivity contribution in [3.05, 3.63) is 71.3 Å². The molecular formula is C18H19ClN2. The summed E-state index contributed by atoms with van der Waals surface area (Å²) in [4.78, 5) is 2.13. The molecule has 0 aliphatic rings. The fourth-order valence-electron chi connectivity index (χ4n) is 2.05. The van der Waals surface area contributed by atoms with Crippen molar-refractivity contribution in [3.63, 3.8) is 0 Å². The van der Waals surface area contributed by atoms with Crippen LogP contribution in [-0.2, 0) is 6.54 Å². The minimum Gasteiger partial charge on any atom is -0.305 e. The third kappa shape index (κ3) is 5.07. The van der Waals surface area contributed by atoms with Crippen LogP contribution in [-0.4, -0.2) is 19.0 Å². The average Bonchev–Trinajstić information content (AvgIpc) is 2.47. The zero-order valence-electron chi connectivity index (χ0n) is 12.3. The first-order chi connectivity index (χ1) is 9.69. The minimum atomic E-state index is 0. The van der Waals surface area contributed by atoms with E-state index in [1.807, 2.05) is 36.4 Å². The molecule has 0 saturated carbocycles. The van der Waals surface area contributed by atoms with Crippen molar-refractivity contribution < 1.29 is 0 Å². The van der Waals surface area contributed by atoms with Gasteiger partial charge < -0.3 is 4.90 Å². The lowest BCUT2D eigenvalue weighted by Gasteiger charge is -2.09. The Morgan fingerprint density at radius 3 is 2.19 bits per heavy atom. The average molecular weight is 299 g/mol. The van der Waals surface area contributed by atoms with Gasteiger partial charge in [0.05, 0.1) is 11.6 Å². The molecular weight excluding hydrogens is 280 g/mol. The van der Waals surface area contributed by atoms with Crippen LogP contribution >= 0.6 is 12.4 Å². The van der Waals surface area contributed by atoms with Crippen LogP contribution in [0.2, 0.25) is 0 Å². The van der Waals surface area contributed by atoms with E-state index in [1.165, 1.54) is 5.56 Å². The third-order valence-corrected chi connectivity index (χ3v) is 2.99. The van der Waals surface area contributed by atoms with Gasteiger partial charge in [-0.3, -0.25) is 0 Å². The van der Waals surface area contributed by atoms with E-state index in [4.69, 9.17) is 0 Å². The second kappa shape index (κ2) is 8.26. The molecule has 0 radical (unpaired) electrons. The summed E-state index contributed by atoms with van der Waals surface area (Å²) in [6, 6.07) is 20.3. The summed E-state index contributed by atoms with van der Waals surface area (Å²) in [5.74, 6) is 0. The molecule has 0 fully saturated rings. The summed E-state index contributed by atoms with van der Waals surface area (Å²) in [6.07, 6.45) is 1.93. The van der Waals surface area contributed by atoms with Gasteiger partial charge in [0.2, 0.25) is 0 Å². The highest BCUT2D eigenvalue weighted by molar-refractivity contribution is 5.89. The Morgan fingerprint density at radius 1 is 1.05 bits per heavy atom. The molecule has 0 aliphatic carbocycles. The molecule has 0 atom stereocenters. The molecule has 2 aromatic rings. The number of nitriles is 1. The molecule has 0 heterocycles. The van der Waals surface area contributed by atoms with Gasteiger partial charge in [-0.05, 0) is 36.9 Å². The summed E-state index contributed by atoms with van der Waals surface area (Å²) in [5, 5.41) is 9.29. The van der Waals surface area contributed by atoms with Gasteiger partial charge >= 0.3 is 0 Å². The molecule has 2 rings (SSSR count). The molecule has 0 N–H and O–H groups in total. The highest BCUT2D eigenvalue weighted by Crippen LogP contribution is 2.17. The van der Waals surface area contributed by atoms with Crippen molar-refractivity contribution in [2.24, 2.45) is 0 Å². The Labute approximate surface area is 132 Å².